The molecule has 0 radical (unpaired) electrons. The molecule has 0 bridgehead atoms. The molecule has 228 valence electrons. The molecular weight excluding hydrogens is 528 g/mol. The maximum atomic E-state index is 6.11. The van der Waals surface area contributed by atoms with Crippen molar-refractivity contribution in [2.45, 2.75) is 19.6 Å². The van der Waals surface area contributed by atoms with E-state index >= 15 is 0 Å². The number of hydrogen-bond acceptors (Lipinski definition) is 9. The lowest BCUT2D eigenvalue weighted by atomic mass is 10.2. The Morgan fingerprint density at radius 2 is 0.690 bits per heavy atom. The van der Waals surface area contributed by atoms with Crippen molar-refractivity contribution < 1.29 is 14.2 Å². The maximum absolute atomic E-state index is 6.11. The summed E-state index contributed by atoms with van der Waals surface area (Å²) in [6.45, 7) is 11.2. The molecule has 0 aliphatic carbocycles. The summed E-state index contributed by atoms with van der Waals surface area (Å²) < 4.78 is 18.3. The van der Waals surface area contributed by atoms with E-state index in [-0.39, 0.29) is 0 Å². The lowest BCUT2D eigenvalue weighted by molar-refractivity contribution is 0.0343. The van der Waals surface area contributed by atoms with Crippen LogP contribution in [0.2, 0.25) is 0 Å². The van der Waals surface area contributed by atoms with Crippen LogP contribution >= 0.6 is 0 Å². The molecule has 0 unspecified atom stereocenters. The number of benzene rings is 3. The average Bonchev–Trinajstić information content (AvgIpc) is 2.95. The first-order chi connectivity index (χ1) is 20.5. The molecule has 0 saturated carbocycles. The number of nitrogens with two attached hydrogens (primary N) is 3. The van der Waals surface area contributed by atoms with E-state index in [1.54, 1.807) is 0 Å². The fourth-order valence-corrected chi connectivity index (χ4v) is 5.13. The van der Waals surface area contributed by atoms with Crippen LogP contribution in [0.4, 0.5) is 17.1 Å². The Balaban J connectivity index is 1.38. The summed E-state index contributed by atoms with van der Waals surface area (Å²) in [5.41, 5.74) is 24.0. The molecule has 1 fully saturated rings. The summed E-state index contributed by atoms with van der Waals surface area (Å²) in [6.07, 6.45) is 0. The minimum Gasteiger partial charge on any atom is -0.399 e. The van der Waals surface area contributed by atoms with Gasteiger partial charge in [0.25, 0.3) is 0 Å². The monoisotopic (exact) mass is 576 g/mol. The first-order valence-corrected chi connectivity index (χ1v) is 15.0. The van der Waals surface area contributed by atoms with Crippen molar-refractivity contribution in [1.29, 1.82) is 0 Å². The van der Waals surface area contributed by atoms with Crippen LogP contribution in [0, 0.1) is 0 Å². The van der Waals surface area contributed by atoms with Crippen LogP contribution in [-0.2, 0) is 33.8 Å². The van der Waals surface area contributed by atoms with Gasteiger partial charge in [-0.2, -0.15) is 0 Å². The van der Waals surface area contributed by atoms with Gasteiger partial charge in [-0.25, -0.2) is 0 Å². The quantitative estimate of drug-likeness (QED) is 0.380. The highest BCUT2D eigenvalue weighted by atomic mass is 16.5. The summed E-state index contributed by atoms with van der Waals surface area (Å²) in [4.78, 5) is 7.13. The molecule has 1 aliphatic rings. The maximum Gasteiger partial charge on any atom is 0.0594 e. The van der Waals surface area contributed by atoms with Crippen molar-refractivity contribution in [3.05, 3.63) is 89.5 Å². The zero-order valence-electron chi connectivity index (χ0n) is 24.8. The topological polar surface area (TPSA) is 115 Å². The average molecular weight is 577 g/mol. The van der Waals surface area contributed by atoms with E-state index in [4.69, 9.17) is 31.4 Å². The third kappa shape index (κ3) is 12.0. The van der Waals surface area contributed by atoms with Gasteiger partial charge >= 0.3 is 0 Å². The van der Waals surface area contributed by atoms with Gasteiger partial charge in [-0.1, -0.05) is 36.4 Å². The molecule has 0 aromatic heterocycles. The Bertz CT molecular complexity index is 1030. The lowest BCUT2D eigenvalue weighted by Gasteiger charge is -2.26. The smallest absolute Gasteiger partial charge is 0.0594 e. The van der Waals surface area contributed by atoms with Crippen molar-refractivity contribution in [3.8, 4) is 0 Å². The Kier molecular flexibility index (Phi) is 13.4. The molecule has 3 aromatic carbocycles. The van der Waals surface area contributed by atoms with E-state index < -0.39 is 0 Å². The van der Waals surface area contributed by atoms with Crippen LogP contribution in [-0.4, -0.2) is 93.6 Å². The highest BCUT2D eigenvalue weighted by molar-refractivity contribution is 5.42. The molecule has 0 spiro atoms. The van der Waals surface area contributed by atoms with Crippen LogP contribution in [0.5, 0.6) is 0 Å². The van der Waals surface area contributed by atoms with Gasteiger partial charge in [0, 0.05) is 76.0 Å². The van der Waals surface area contributed by atoms with Gasteiger partial charge < -0.3 is 31.4 Å². The van der Waals surface area contributed by atoms with E-state index in [0.29, 0.717) is 39.6 Å². The zero-order chi connectivity index (χ0) is 29.4. The largest absolute Gasteiger partial charge is 0.399 e. The van der Waals surface area contributed by atoms with E-state index in [9.17, 15) is 0 Å². The third-order valence-electron chi connectivity index (χ3n) is 7.38. The molecule has 1 aliphatic heterocycles. The fourth-order valence-electron chi connectivity index (χ4n) is 5.13. The van der Waals surface area contributed by atoms with E-state index in [0.717, 1.165) is 76.0 Å². The van der Waals surface area contributed by atoms with Gasteiger partial charge in [0.1, 0.15) is 0 Å². The van der Waals surface area contributed by atoms with Crippen molar-refractivity contribution >= 4 is 17.1 Å². The number of ether oxygens (including phenoxy) is 3. The predicted molar refractivity (Wildman–Crippen MR) is 171 cm³/mol. The van der Waals surface area contributed by atoms with Gasteiger partial charge in [0.05, 0.1) is 39.6 Å². The highest BCUT2D eigenvalue weighted by Crippen LogP contribution is 2.12. The SMILES string of the molecule is Nc1cccc(CN2CCOCCN(Cc3cccc(N)c3)CCOCCN(Cc3cccc(N)c3)CCOCC2)c1. The second-order valence-corrected chi connectivity index (χ2v) is 10.9. The van der Waals surface area contributed by atoms with Crippen LogP contribution in [0.15, 0.2) is 72.8 Å². The predicted octanol–water partition coefficient (Wildman–Crippen LogP) is 3.30. The van der Waals surface area contributed by atoms with Crippen LogP contribution in [0.1, 0.15) is 16.7 Å². The number of anilines is 3. The highest BCUT2D eigenvalue weighted by Gasteiger charge is 2.12. The van der Waals surface area contributed by atoms with Crippen molar-refractivity contribution in [1.82, 2.24) is 14.7 Å². The summed E-state index contributed by atoms with van der Waals surface area (Å²) in [6, 6.07) is 24.3. The van der Waals surface area contributed by atoms with E-state index in [1.165, 1.54) is 16.7 Å². The lowest BCUT2D eigenvalue weighted by Crippen LogP contribution is -2.35. The van der Waals surface area contributed by atoms with Crippen LogP contribution in [0.25, 0.3) is 0 Å². The van der Waals surface area contributed by atoms with Gasteiger partial charge in [0.15, 0.2) is 0 Å². The summed E-state index contributed by atoms with van der Waals surface area (Å²) in [5, 5.41) is 0. The summed E-state index contributed by atoms with van der Waals surface area (Å²) in [5.74, 6) is 0. The van der Waals surface area contributed by atoms with Crippen LogP contribution < -0.4 is 17.2 Å². The third-order valence-corrected chi connectivity index (χ3v) is 7.38. The Morgan fingerprint density at radius 3 is 0.929 bits per heavy atom. The zero-order valence-corrected chi connectivity index (χ0v) is 24.8. The number of nitrogen functional groups attached to an aromatic ring is 3. The summed E-state index contributed by atoms with van der Waals surface area (Å²) in [7, 11) is 0. The summed E-state index contributed by atoms with van der Waals surface area (Å²) >= 11 is 0. The van der Waals surface area contributed by atoms with Gasteiger partial charge in [-0.05, 0) is 53.1 Å². The van der Waals surface area contributed by atoms with Crippen molar-refractivity contribution in [2.75, 3.05) is 96.1 Å². The van der Waals surface area contributed by atoms with Crippen molar-refractivity contribution in [3.63, 3.8) is 0 Å². The molecule has 1 heterocycles. The molecule has 9 heteroatoms. The molecular formula is C33H48N6O3. The molecule has 0 amide bonds. The molecule has 4 rings (SSSR count). The van der Waals surface area contributed by atoms with Crippen molar-refractivity contribution in [2.24, 2.45) is 0 Å². The Morgan fingerprint density at radius 1 is 0.429 bits per heavy atom. The van der Waals surface area contributed by atoms with Gasteiger partial charge in [-0.15, -0.1) is 0 Å². The second-order valence-electron chi connectivity index (χ2n) is 10.9. The molecule has 6 N–H and O–H groups in total. The number of rotatable bonds is 6. The van der Waals surface area contributed by atoms with Gasteiger partial charge in [0.2, 0.25) is 0 Å². The first-order valence-electron chi connectivity index (χ1n) is 15.0. The van der Waals surface area contributed by atoms with E-state index in [1.807, 2.05) is 54.6 Å². The minimum absolute atomic E-state index is 0.652. The standard InChI is InChI=1S/C33H48N6O3/c34-31-7-1-4-28(22-31)25-37-10-16-40-18-12-38(26-29-5-2-8-32(35)23-29)14-20-42-21-15-39(13-19-41-17-11-37)27-30-6-3-9-33(36)24-30/h1-9,22-24H,10-21,25-27,34-36H2. The molecule has 1 saturated heterocycles. The Hall–Kier alpha value is -3.18. The number of nitrogens with zero attached hydrogens (tertiary/aromatic N) is 3. The molecule has 0 atom stereocenters. The molecule has 9 nitrogen and oxygen atoms in total. The van der Waals surface area contributed by atoms with E-state index in [2.05, 4.69) is 32.9 Å². The number of hydrogen-bond donors (Lipinski definition) is 3. The Labute approximate surface area is 251 Å². The van der Waals surface area contributed by atoms with Crippen LogP contribution in [0.3, 0.4) is 0 Å². The first kappa shape index (κ1) is 31.7. The minimum atomic E-state index is 0.652. The second kappa shape index (κ2) is 17.7. The normalized spacial score (nSPS) is 18.3. The fraction of sp³-hybridized carbons (Fsp3) is 0.455. The van der Waals surface area contributed by atoms with Gasteiger partial charge in [-0.3, -0.25) is 14.7 Å². The molecule has 3 aromatic rings. The molecule has 42 heavy (non-hydrogen) atoms.